The number of ether oxygens (including phenoxy) is 1. The van der Waals surface area contributed by atoms with E-state index in [-0.39, 0.29) is 18.9 Å². The molecule has 5 nitrogen and oxygen atoms in total. The van der Waals surface area contributed by atoms with E-state index in [0.717, 1.165) is 27.7 Å². The fraction of sp³-hybridized carbons (Fsp3) is 0.167. The molecule has 0 fully saturated rings. The van der Waals surface area contributed by atoms with E-state index in [1.165, 1.54) is 0 Å². The molecule has 150 valence electrons. The summed E-state index contributed by atoms with van der Waals surface area (Å²) in [5.41, 5.74) is 4.75. The van der Waals surface area contributed by atoms with Gasteiger partial charge >= 0.3 is 0 Å². The standard InChI is InChI=1S/C24H19ClN2O3/c25-16-10-8-15(9-11-16)13-30-14-17(28)12-27-21-7-3-6-20-22(21)23(26-27)18-4-1-2-5-19(18)24(20)29/h1-11,17,28H,12-14H2. The van der Waals surface area contributed by atoms with E-state index in [4.69, 9.17) is 21.4 Å². The van der Waals surface area contributed by atoms with Gasteiger partial charge in [0.25, 0.3) is 0 Å². The minimum atomic E-state index is -0.733. The second-order valence-corrected chi connectivity index (χ2v) is 7.84. The van der Waals surface area contributed by atoms with Crippen molar-refractivity contribution in [2.75, 3.05) is 6.61 Å². The van der Waals surface area contributed by atoms with Crippen LogP contribution in [0.4, 0.5) is 0 Å². The summed E-state index contributed by atoms with van der Waals surface area (Å²) >= 11 is 5.89. The van der Waals surface area contributed by atoms with Crippen LogP contribution in [0.15, 0.2) is 66.7 Å². The molecule has 1 heterocycles. The predicted molar refractivity (Wildman–Crippen MR) is 116 cm³/mol. The zero-order chi connectivity index (χ0) is 20.7. The number of halogens is 1. The van der Waals surface area contributed by atoms with Crippen molar-refractivity contribution >= 4 is 28.3 Å². The normalized spacial score (nSPS) is 13.5. The van der Waals surface area contributed by atoms with E-state index >= 15 is 0 Å². The molecule has 0 amide bonds. The van der Waals surface area contributed by atoms with E-state index in [1.807, 2.05) is 66.7 Å². The van der Waals surface area contributed by atoms with E-state index in [1.54, 1.807) is 4.68 Å². The molecular weight excluding hydrogens is 400 g/mol. The summed E-state index contributed by atoms with van der Waals surface area (Å²) in [6.45, 7) is 0.844. The summed E-state index contributed by atoms with van der Waals surface area (Å²) in [5.74, 6) is 0.00935. The largest absolute Gasteiger partial charge is 0.389 e. The quantitative estimate of drug-likeness (QED) is 0.441. The Hall–Kier alpha value is -2.99. The molecule has 0 spiro atoms. The highest BCUT2D eigenvalue weighted by molar-refractivity contribution is 6.30. The average Bonchev–Trinajstić information content (AvgIpc) is 3.13. The van der Waals surface area contributed by atoms with Crippen LogP contribution in [0.2, 0.25) is 5.02 Å². The van der Waals surface area contributed by atoms with E-state index in [0.29, 0.717) is 22.8 Å². The Labute approximate surface area is 178 Å². The van der Waals surface area contributed by atoms with Crippen LogP contribution in [-0.2, 0) is 17.9 Å². The maximum absolute atomic E-state index is 12.9. The summed E-state index contributed by atoms with van der Waals surface area (Å²) in [6, 6.07) is 20.6. The molecule has 0 saturated heterocycles. The van der Waals surface area contributed by atoms with Crippen LogP contribution < -0.4 is 0 Å². The SMILES string of the molecule is O=C1c2ccccc2-c2nn(CC(O)COCc3ccc(Cl)cc3)c3cccc1c23. The zero-order valence-electron chi connectivity index (χ0n) is 16.1. The van der Waals surface area contributed by atoms with Gasteiger partial charge in [0, 0.05) is 27.1 Å². The zero-order valence-corrected chi connectivity index (χ0v) is 16.8. The van der Waals surface area contributed by atoms with Crippen molar-refractivity contribution in [3.8, 4) is 11.3 Å². The van der Waals surface area contributed by atoms with Crippen LogP contribution in [0.3, 0.4) is 0 Å². The van der Waals surface area contributed by atoms with Crippen molar-refractivity contribution < 1.29 is 14.6 Å². The summed E-state index contributed by atoms with van der Waals surface area (Å²) in [6.07, 6.45) is -0.733. The van der Waals surface area contributed by atoms with E-state index < -0.39 is 6.10 Å². The first-order valence-corrected chi connectivity index (χ1v) is 10.1. The van der Waals surface area contributed by atoms with Gasteiger partial charge in [-0.1, -0.05) is 60.1 Å². The number of ketones is 1. The number of carbonyl (C=O) groups is 1. The van der Waals surface area contributed by atoms with Gasteiger partial charge < -0.3 is 9.84 Å². The van der Waals surface area contributed by atoms with Gasteiger partial charge in [0.05, 0.1) is 31.4 Å². The van der Waals surface area contributed by atoms with E-state index in [9.17, 15) is 9.90 Å². The number of rotatable bonds is 6. The van der Waals surface area contributed by atoms with Crippen LogP contribution >= 0.6 is 11.6 Å². The molecule has 1 aromatic heterocycles. The molecule has 6 heteroatoms. The Morgan fingerprint density at radius 3 is 2.50 bits per heavy atom. The molecule has 5 rings (SSSR count). The van der Waals surface area contributed by atoms with Crippen LogP contribution in [0.25, 0.3) is 22.2 Å². The highest BCUT2D eigenvalue weighted by Crippen LogP contribution is 2.38. The number of aliphatic hydroxyl groups is 1. The second kappa shape index (κ2) is 7.69. The first-order chi connectivity index (χ1) is 14.6. The third-order valence-corrected chi connectivity index (χ3v) is 5.58. The molecule has 1 N–H and O–H groups in total. The van der Waals surface area contributed by atoms with Crippen LogP contribution in [0, 0.1) is 0 Å². The van der Waals surface area contributed by atoms with Gasteiger partial charge in [-0.2, -0.15) is 5.10 Å². The maximum Gasteiger partial charge on any atom is 0.194 e. The van der Waals surface area contributed by atoms with Crippen molar-refractivity contribution in [2.45, 2.75) is 19.3 Å². The molecule has 1 aliphatic carbocycles. The van der Waals surface area contributed by atoms with Crippen molar-refractivity contribution in [3.63, 3.8) is 0 Å². The van der Waals surface area contributed by atoms with Crippen molar-refractivity contribution in [3.05, 3.63) is 88.4 Å². The molecule has 3 aromatic carbocycles. The number of benzene rings is 3. The number of aliphatic hydroxyl groups excluding tert-OH is 1. The fourth-order valence-corrected chi connectivity index (χ4v) is 4.05. The first kappa shape index (κ1) is 19.0. The minimum absolute atomic E-state index is 0.00935. The Kier molecular flexibility index (Phi) is 4.87. The van der Waals surface area contributed by atoms with Gasteiger partial charge in [-0.05, 0) is 23.8 Å². The monoisotopic (exact) mass is 418 g/mol. The molecule has 0 aliphatic heterocycles. The summed E-state index contributed by atoms with van der Waals surface area (Å²) in [4.78, 5) is 12.9. The number of fused-ring (bicyclic) bond motifs is 2. The first-order valence-electron chi connectivity index (χ1n) is 9.75. The van der Waals surface area contributed by atoms with Crippen LogP contribution in [0.1, 0.15) is 21.5 Å². The van der Waals surface area contributed by atoms with Crippen molar-refractivity contribution in [1.82, 2.24) is 9.78 Å². The molecule has 1 aliphatic rings. The molecule has 1 unspecified atom stereocenters. The van der Waals surface area contributed by atoms with Gasteiger partial charge in [-0.15, -0.1) is 0 Å². The van der Waals surface area contributed by atoms with Gasteiger partial charge in [-0.3, -0.25) is 9.48 Å². The van der Waals surface area contributed by atoms with Gasteiger partial charge in [0.1, 0.15) is 5.69 Å². The molecule has 0 radical (unpaired) electrons. The fourth-order valence-electron chi connectivity index (χ4n) is 3.92. The topological polar surface area (TPSA) is 64.4 Å². The second-order valence-electron chi connectivity index (χ2n) is 7.40. The molecule has 30 heavy (non-hydrogen) atoms. The van der Waals surface area contributed by atoms with Gasteiger partial charge in [-0.25, -0.2) is 0 Å². The van der Waals surface area contributed by atoms with Crippen molar-refractivity contribution in [2.24, 2.45) is 0 Å². The number of hydrogen-bond donors (Lipinski definition) is 1. The lowest BCUT2D eigenvalue weighted by molar-refractivity contribution is 0.0193. The smallest absolute Gasteiger partial charge is 0.194 e. The molecule has 0 saturated carbocycles. The van der Waals surface area contributed by atoms with Crippen LogP contribution in [-0.4, -0.2) is 33.4 Å². The maximum atomic E-state index is 12.9. The lowest BCUT2D eigenvalue weighted by atomic mass is 9.87. The predicted octanol–water partition coefficient (Wildman–Crippen LogP) is 4.48. The number of nitrogens with zero attached hydrogens (tertiary/aromatic N) is 2. The molecular formula is C24H19ClN2O3. The summed E-state index contributed by atoms with van der Waals surface area (Å²) in [5, 5.41) is 16.8. The van der Waals surface area contributed by atoms with Crippen LogP contribution in [0.5, 0.6) is 0 Å². The third kappa shape index (κ3) is 3.31. The molecule has 4 aromatic rings. The van der Waals surface area contributed by atoms with Gasteiger partial charge in [0.2, 0.25) is 0 Å². The average molecular weight is 419 g/mol. The Bertz CT molecular complexity index is 1250. The lowest BCUT2D eigenvalue weighted by Gasteiger charge is -2.14. The highest BCUT2D eigenvalue weighted by atomic mass is 35.5. The number of carbonyl (C=O) groups excluding carboxylic acids is 1. The summed E-state index contributed by atoms with van der Waals surface area (Å²) < 4.78 is 7.42. The molecule has 0 bridgehead atoms. The Balaban J connectivity index is 1.38. The summed E-state index contributed by atoms with van der Waals surface area (Å²) in [7, 11) is 0. The Morgan fingerprint density at radius 1 is 0.967 bits per heavy atom. The van der Waals surface area contributed by atoms with E-state index in [2.05, 4.69) is 0 Å². The number of aromatic nitrogens is 2. The highest BCUT2D eigenvalue weighted by Gasteiger charge is 2.28. The lowest BCUT2D eigenvalue weighted by Crippen LogP contribution is -2.22. The van der Waals surface area contributed by atoms with Gasteiger partial charge in [0.15, 0.2) is 5.78 Å². The third-order valence-electron chi connectivity index (χ3n) is 5.33. The Morgan fingerprint density at radius 2 is 1.70 bits per heavy atom. The molecule has 1 atom stereocenters. The number of hydrogen-bond acceptors (Lipinski definition) is 4. The van der Waals surface area contributed by atoms with Crippen molar-refractivity contribution in [1.29, 1.82) is 0 Å². The minimum Gasteiger partial charge on any atom is -0.389 e.